The van der Waals surface area contributed by atoms with Gasteiger partial charge >= 0.3 is 0 Å². The molecule has 0 unspecified atom stereocenters. The Labute approximate surface area is 97.8 Å². The summed E-state index contributed by atoms with van der Waals surface area (Å²) >= 11 is 0. The Hall–Kier alpha value is -1.06. The van der Waals surface area contributed by atoms with Crippen molar-refractivity contribution in [3.63, 3.8) is 0 Å². The highest BCUT2D eigenvalue weighted by Crippen LogP contribution is 2.19. The zero-order valence-corrected chi connectivity index (χ0v) is 10.4. The largest absolute Gasteiger partial charge is 0.496 e. The van der Waals surface area contributed by atoms with Gasteiger partial charge in [0.1, 0.15) is 5.75 Å². The lowest BCUT2D eigenvalue weighted by Crippen LogP contribution is -2.19. The lowest BCUT2D eigenvalue weighted by molar-refractivity contribution is 0.149. The maximum absolute atomic E-state index is 5.31. The van der Waals surface area contributed by atoms with E-state index >= 15 is 0 Å². The number of methoxy groups -OCH3 is 1. The van der Waals surface area contributed by atoms with Gasteiger partial charge in [0, 0.05) is 25.3 Å². The molecule has 0 amide bonds. The quantitative estimate of drug-likeness (QED) is 0.718. The molecule has 0 fully saturated rings. The second-order valence-electron chi connectivity index (χ2n) is 3.69. The summed E-state index contributed by atoms with van der Waals surface area (Å²) in [4.78, 5) is 0. The van der Waals surface area contributed by atoms with Gasteiger partial charge in [-0.05, 0) is 19.9 Å². The molecule has 3 heteroatoms. The first-order chi connectivity index (χ1) is 7.77. The van der Waals surface area contributed by atoms with Gasteiger partial charge in [-0.3, -0.25) is 0 Å². The normalized spacial score (nSPS) is 10.4. The maximum Gasteiger partial charge on any atom is 0.123 e. The van der Waals surface area contributed by atoms with Crippen LogP contribution in [0.1, 0.15) is 18.1 Å². The minimum Gasteiger partial charge on any atom is -0.496 e. The molecule has 0 aliphatic heterocycles. The second-order valence-corrected chi connectivity index (χ2v) is 3.69. The first-order valence-corrected chi connectivity index (χ1v) is 5.70. The molecule has 0 saturated carbocycles. The van der Waals surface area contributed by atoms with Gasteiger partial charge in [-0.25, -0.2) is 0 Å². The molecule has 0 spiro atoms. The molecule has 0 heterocycles. The van der Waals surface area contributed by atoms with Crippen molar-refractivity contribution in [2.45, 2.75) is 20.4 Å². The Morgan fingerprint density at radius 3 is 2.81 bits per heavy atom. The van der Waals surface area contributed by atoms with Crippen molar-refractivity contribution in [2.24, 2.45) is 0 Å². The minimum atomic E-state index is 0.755. The predicted molar refractivity (Wildman–Crippen MR) is 65.9 cm³/mol. The molecule has 3 nitrogen and oxygen atoms in total. The topological polar surface area (TPSA) is 30.5 Å². The SMILES string of the molecule is CCOCCNCc1cc(C)ccc1OC. The summed E-state index contributed by atoms with van der Waals surface area (Å²) in [6.07, 6.45) is 0. The van der Waals surface area contributed by atoms with Crippen molar-refractivity contribution in [1.29, 1.82) is 0 Å². The van der Waals surface area contributed by atoms with Crippen LogP contribution >= 0.6 is 0 Å². The molecule has 90 valence electrons. The Morgan fingerprint density at radius 2 is 2.12 bits per heavy atom. The van der Waals surface area contributed by atoms with Crippen LogP contribution in [0.2, 0.25) is 0 Å². The fourth-order valence-corrected chi connectivity index (χ4v) is 1.56. The molecule has 1 N–H and O–H groups in total. The minimum absolute atomic E-state index is 0.755. The lowest BCUT2D eigenvalue weighted by Gasteiger charge is -2.10. The van der Waals surface area contributed by atoms with E-state index in [-0.39, 0.29) is 0 Å². The van der Waals surface area contributed by atoms with Crippen LogP contribution in [0.5, 0.6) is 5.75 Å². The Morgan fingerprint density at radius 1 is 1.31 bits per heavy atom. The monoisotopic (exact) mass is 223 g/mol. The van der Waals surface area contributed by atoms with Gasteiger partial charge in [0.15, 0.2) is 0 Å². The van der Waals surface area contributed by atoms with Crippen LogP contribution in [0.3, 0.4) is 0 Å². The highest BCUT2D eigenvalue weighted by atomic mass is 16.5. The van der Waals surface area contributed by atoms with Crippen LogP contribution in [0, 0.1) is 6.92 Å². The number of benzene rings is 1. The van der Waals surface area contributed by atoms with Crippen molar-refractivity contribution < 1.29 is 9.47 Å². The molecule has 1 aromatic rings. The van der Waals surface area contributed by atoms with E-state index in [1.54, 1.807) is 7.11 Å². The van der Waals surface area contributed by atoms with E-state index in [4.69, 9.17) is 9.47 Å². The van der Waals surface area contributed by atoms with Crippen molar-refractivity contribution in [1.82, 2.24) is 5.32 Å². The van der Waals surface area contributed by atoms with Gasteiger partial charge in [-0.2, -0.15) is 0 Å². The third-order valence-electron chi connectivity index (χ3n) is 2.38. The van der Waals surface area contributed by atoms with Crippen LogP contribution in [0.4, 0.5) is 0 Å². The summed E-state index contributed by atoms with van der Waals surface area (Å²) in [5.74, 6) is 0.939. The molecule has 0 bridgehead atoms. The summed E-state index contributed by atoms with van der Waals surface area (Å²) in [5.41, 5.74) is 2.45. The number of hydrogen-bond acceptors (Lipinski definition) is 3. The number of nitrogens with one attached hydrogen (secondary N) is 1. The third kappa shape index (κ3) is 4.21. The van der Waals surface area contributed by atoms with Gasteiger partial charge < -0.3 is 14.8 Å². The zero-order valence-electron chi connectivity index (χ0n) is 10.4. The highest BCUT2D eigenvalue weighted by molar-refractivity contribution is 5.36. The van der Waals surface area contributed by atoms with Crippen LogP contribution in [-0.4, -0.2) is 26.9 Å². The van der Waals surface area contributed by atoms with E-state index in [0.717, 1.165) is 32.1 Å². The van der Waals surface area contributed by atoms with Gasteiger partial charge in [0.05, 0.1) is 13.7 Å². The molecule has 0 saturated heterocycles. The summed E-state index contributed by atoms with van der Waals surface area (Å²) in [7, 11) is 1.70. The maximum atomic E-state index is 5.31. The first kappa shape index (κ1) is 13.0. The molecule has 16 heavy (non-hydrogen) atoms. The smallest absolute Gasteiger partial charge is 0.123 e. The number of ether oxygens (including phenoxy) is 2. The number of rotatable bonds is 7. The van der Waals surface area contributed by atoms with E-state index in [1.807, 2.05) is 13.0 Å². The fraction of sp³-hybridized carbons (Fsp3) is 0.538. The molecule has 1 aromatic carbocycles. The highest BCUT2D eigenvalue weighted by Gasteiger charge is 2.02. The van der Waals surface area contributed by atoms with E-state index in [9.17, 15) is 0 Å². The van der Waals surface area contributed by atoms with Crippen molar-refractivity contribution in [3.8, 4) is 5.75 Å². The fourth-order valence-electron chi connectivity index (χ4n) is 1.56. The lowest BCUT2D eigenvalue weighted by atomic mass is 10.1. The number of aryl methyl sites for hydroxylation is 1. The predicted octanol–water partition coefficient (Wildman–Crippen LogP) is 2.13. The zero-order chi connectivity index (χ0) is 11.8. The molecule has 0 aliphatic carbocycles. The molecule has 0 aromatic heterocycles. The van der Waals surface area contributed by atoms with Gasteiger partial charge in [-0.1, -0.05) is 17.7 Å². The molecule has 0 atom stereocenters. The third-order valence-corrected chi connectivity index (χ3v) is 2.38. The summed E-state index contributed by atoms with van der Waals surface area (Å²) in [5, 5.41) is 3.33. The van der Waals surface area contributed by atoms with Crippen LogP contribution in [-0.2, 0) is 11.3 Å². The Bertz CT molecular complexity index is 313. The van der Waals surface area contributed by atoms with Gasteiger partial charge in [-0.15, -0.1) is 0 Å². The molecular formula is C13H21NO2. The average molecular weight is 223 g/mol. The van der Waals surface area contributed by atoms with E-state index in [1.165, 1.54) is 11.1 Å². The molecule has 0 radical (unpaired) electrons. The van der Waals surface area contributed by atoms with E-state index < -0.39 is 0 Å². The second kappa shape index (κ2) is 7.25. The van der Waals surface area contributed by atoms with Gasteiger partial charge in [0.2, 0.25) is 0 Å². The molecule has 0 aliphatic rings. The van der Waals surface area contributed by atoms with Crippen molar-refractivity contribution in [3.05, 3.63) is 29.3 Å². The molecular weight excluding hydrogens is 202 g/mol. The van der Waals surface area contributed by atoms with Crippen LogP contribution in [0.15, 0.2) is 18.2 Å². The van der Waals surface area contributed by atoms with Crippen molar-refractivity contribution >= 4 is 0 Å². The van der Waals surface area contributed by atoms with Crippen LogP contribution < -0.4 is 10.1 Å². The Kier molecular flexibility index (Phi) is 5.90. The Balaban J connectivity index is 2.42. The molecule has 1 rings (SSSR count). The van der Waals surface area contributed by atoms with Crippen LogP contribution in [0.25, 0.3) is 0 Å². The standard InChI is InChI=1S/C13H21NO2/c1-4-16-8-7-14-10-12-9-11(2)5-6-13(12)15-3/h5-6,9,14H,4,7-8,10H2,1-3H3. The summed E-state index contributed by atoms with van der Waals surface area (Å²) in [6, 6.07) is 6.21. The van der Waals surface area contributed by atoms with Crippen molar-refractivity contribution in [2.75, 3.05) is 26.9 Å². The summed E-state index contributed by atoms with van der Waals surface area (Å²) in [6.45, 7) is 7.30. The first-order valence-electron chi connectivity index (χ1n) is 5.70. The number of hydrogen-bond donors (Lipinski definition) is 1. The van der Waals surface area contributed by atoms with E-state index in [2.05, 4.69) is 24.4 Å². The van der Waals surface area contributed by atoms with Gasteiger partial charge in [0.25, 0.3) is 0 Å². The summed E-state index contributed by atoms with van der Waals surface area (Å²) < 4.78 is 10.6. The van der Waals surface area contributed by atoms with E-state index in [0.29, 0.717) is 0 Å². The average Bonchev–Trinajstić information content (AvgIpc) is 2.29.